The van der Waals surface area contributed by atoms with Gasteiger partial charge in [0.15, 0.2) is 0 Å². The second kappa shape index (κ2) is 2.70. The van der Waals surface area contributed by atoms with E-state index in [0.717, 1.165) is 22.3 Å². The molecule has 2 heteroatoms. The van der Waals surface area contributed by atoms with E-state index in [1.807, 2.05) is 30.3 Å². The normalized spacial score (nSPS) is 11.2. The van der Waals surface area contributed by atoms with Gasteiger partial charge in [0.2, 0.25) is 0 Å². The third-order valence-corrected chi connectivity index (χ3v) is 2.78. The predicted octanol–water partition coefficient (Wildman–Crippen LogP) is 3.03. The van der Waals surface area contributed by atoms with Crippen molar-refractivity contribution in [3.05, 3.63) is 48.0 Å². The van der Waals surface area contributed by atoms with Gasteiger partial charge < -0.3 is 5.11 Å². The Balaban J connectivity index is 2.30. The number of hydrogen-bond acceptors (Lipinski definition) is 1. The summed E-state index contributed by atoms with van der Waals surface area (Å²) in [5.41, 5.74) is 4.51. The molecule has 0 unspecified atom stereocenters. The Morgan fingerprint density at radius 2 is 1.53 bits per heavy atom. The number of benzene rings is 2. The molecule has 1 N–H and O–H groups in total. The number of carbonyl (C=O) groups is 1. The van der Waals surface area contributed by atoms with Crippen molar-refractivity contribution >= 4 is 5.97 Å². The number of carboxylic acids is 1. The molecule has 0 aromatic heterocycles. The van der Waals surface area contributed by atoms with Crippen LogP contribution in [-0.4, -0.2) is 11.1 Å². The van der Waals surface area contributed by atoms with E-state index in [-0.39, 0.29) is 0 Å². The van der Waals surface area contributed by atoms with Crippen molar-refractivity contribution in [1.82, 2.24) is 0 Å². The Hall–Kier alpha value is -2.09. The molecule has 0 aliphatic heterocycles. The average Bonchev–Trinajstić information content (AvgIpc) is 2.24. The van der Waals surface area contributed by atoms with E-state index in [4.69, 9.17) is 5.11 Å². The number of carboxylic acid groups (broad SMARTS) is 1. The van der Waals surface area contributed by atoms with E-state index >= 15 is 0 Å². The fourth-order valence-corrected chi connectivity index (χ4v) is 2.12. The van der Waals surface area contributed by atoms with Crippen molar-refractivity contribution in [2.75, 3.05) is 0 Å². The standard InChI is InChI=1S/C13H8O2/c14-13(15)11-7-3-6-10-8-4-1-2-5-9(8)12(10)11/h1-7H,(H,14,15). The maximum Gasteiger partial charge on any atom is 0.336 e. The molecule has 3 rings (SSSR count). The van der Waals surface area contributed by atoms with Gasteiger partial charge in [-0.25, -0.2) is 4.79 Å². The van der Waals surface area contributed by atoms with E-state index < -0.39 is 5.97 Å². The summed E-state index contributed by atoms with van der Waals surface area (Å²) in [6.07, 6.45) is 0. The number of hydrogen-bond donors (Lipinski definition) is 1. The molecule has 2 aromatic carbocycles. The molecule has 2 aromatic rings. The molecule has 0 radical (unpaired) electrons. The van der Waals surface area contributed by atoms with Crippen LogP contribution in [0.2, 0.25) is 0 Å². The third kappa shape index (κ3) is 0.960. The molecular weight excluding hydrogens is 188 g/mol. The largest absolute Gasteiger partial charge is 0.478 e. The summed E-state index contributed by atoms with van der Waals surface area (Å²) in [6, 6.07) is 13.3. The molecule has 0 atom stereocenters. The van der Waals surface area contributed by atoms with Crippen LogP contribution in [0.1, 0.15) is 10.4 Å². The van der Waals surface area contributed by atoms with Crippen LogP contribution in [0.5, 0.6) is 0 Å². The molecule has 0 saturated heterocycles. The minimum atomic E-state index is -0.860. The van der Waals surface area contributed by atoms with Gasteiger partial charge in [-0.2, -0.15) is 0 Å². The van der Waals surface area contributed by atoms with Gasteiger partial charge >= 0.3 is 5.97 Å². The summed E-state index contributed by atoms with van der Waals surface area (Å²) in [5, 5.41) is 9.05. The molecule has 1 aliphatic rings. The van der Waals surface area contributed by atoms with Crippen molar-refractivity contribution in [3.63, 3.8) is 0 Å². The molecule has 0 heterocycles. The monoisotopic (exact) mass is 196 g/mol. The Bertz CT molecular complexity index is 570. The highest BCUT2D eigenvalue weighted by Crippen LogP contribution is 2.48. The van der Waals surface area contributed by atoms with Crippen LogP contribution in [0.25, 0.3) is 22.3 Å². The predicted molar refractivity (Wildman–Crippen MR) is 57.8 cm³/mol. The lowest BCUT2D eigenvalue weighted by Gasteiger charge is -2.25. The van der Waals surface area contributed by atoms with E-state index in [1.165, 1.54) is 0 Å². The Morgan fingerprint density at radius 3 is 2.27 bits per heavy atom. The van der Waals surface area contributed by atoms with Crippen molar-refractivity contribution < 1.29 is 9.90 Å². The van der Waals surface area contributed by atoms with Crippen LogP contribution in [0, 0.1) is 0 Å². The van der Waals surface area contributed by atoms with Crippen LogP contribution in [0.3, 0.4) is 0 Å². The van der Waals surface area contributed by atoms with Crippen molar-refractivity contribution in [3.8, 4) is 22.3 Å². The van der Waals surface area contributed by atoms with Gasteiger partial charge in [0.1, 0.15) is 0 Å². The zero-order valence-electron chi connectivity index (χ0n) is 7.90. The molecule has 1 aliphatic carbocycles. The summed E-state index contributed by atoms with van der Waals surface area (Å²) >= 11 is 0. The molecule has 0 amide bonds. The van der Waals surface area contributed by atoms with Gasteiger partial charge in [-0.15, -0.1) is 0 Å². The minimum Gasteiger partial charge on any atom is -0.478 e. The van der Waals surface area contributed by atoms with Gasteiger partial charge in [-0.3, -0.25) is 0 Å². The molecule has 0 saturated carbocycles. The molecule has 72 valence electrons. The molecule has 0 fully saturated rings. The second-order valence-electron chi connectivity index (χ2n) is 3.58. The maximum absolute atomic E-state index is 11.0. The summed E-state index contributed by atoms with van der Waals surface area (Å²) < 4.78 is 0. The lowest BCUT2D eigenvalue weighted by Crippen LogP contribution is -2.07. The van der Waals surface area contributed by atoms with Gasteiger partial charge in [0.05, 0.1) is 5.56 Å². The topological polar surface area (TPSA) is 37.3 Å². The van der Waals surface area contributed by atoms with Crippen LogP contribution in [0.15, 0.2) is 42.5 Å². The minimum absolute atomic E-state index is 0.395. The van der Waals surface area contributed by atoms with Gasteiger partial charge in [-0.1, -0.05) is 36.4 Å². The van der Waals surface area contributed by atoms with Gasteiger partial charge in [0, 0.05) is 5.56 Å². The zero-order valence-corrected chi connectivity index (χ0v) is 7.90. The fraction of sp³-hybridized carbons (Fsp3) is 0. The molecule has 2 nitrogen and oxygen atoms in total. The van der Waals surface area contributed by atoms with Crippen LogP contribution < -0.4 is 0 Å². The molecule has 0 bridgehead atoms. The Kier molecular flexibility index (Phi) is 1.48. The number of aromatic carboxylic acids is 1. The quantitative estimate of drug-likeness (QED) is 0.649. The van der Waals surface area contributed by atoms with E-state index in [9.17, 15) is 4.79 Å². The summed E-state index contributed by atoms with van der Waals surface area (Å²) in [6.45, 7) is 0. The molecule has 15 heavy (non-hydrogen) atoms. The lowest BCUT2D eigenvalue weighted by molar-refractivity contribution is 0.0697. The van der Waals surface area contributed by atoms with Gasteiger partial charge in [-0.05, 0) is 22.8 Å². The average molecular weight is 196 g/mol. The summed E-state index contributed by atoms with van der Waals surface area (Å²) in [5.74, 6) is -0.860. The highest BCUT2D eigenvalue weighted by Gasteiger charge is 2.26. The van der Waals surface area contributed by atoms with Crippen LogP contribution >= 0.6 is 0 Å². The highest BCUT2D eigenvalue weighted by molar-refractivity contribution is 6.11. The smallest absolute Gasteiger partial charge is 0.336 e. The Labute approximate surface area is 86.8 Å². The van der Waals surface area contributed by atoms with Crippen LogP contribution in [0.4, 0.5) is 0 Å². The summed E-state index contributed by atoms with van der Waals surface area (Å²) in [7, 11) is 0. The van der Waals surface area contributed by atoms with E-state index in [0.29, 0.717) is 5.56 Å². The summed E-state index contributed by atoms with van der Waals surface area (Å²) in [4.78, 5) is 11.0. The number of fused-ring (bicyclic) bond motifs is 4. The fourth-order valence-electron chi connectivity index (χ4n) is 2.12. The third-order valence-electron chi connectivity index (χ3n) is 2.78. The first-order chi connectivity index (χ1) is 7.29. The number of rotatable bonds is 1. The first-order valence-electron chi connectivity index (χ1n) is 4.75. The first-order valence-corrected chi connectivity index (χ1v) is 4.75. The van der Waals surface area contributed by atoms with Crippen molar-refractivity contribution in [1.29, 1.82) is 0 Å². The van der Waals surface area contributed by atoms with Crippen molar-refractivity contribution in [2.24, 2.45) is 0 Å². The molecule has 0 spiro atoms. The van der Waals surface area contributed by atoms with Crippen molar-refractivity contribution in [2.45, 2.75) is 0 Å². The van der Waals surface area contributed by atoms with E-state index in [1.54, 1.807) is 12.1 Å². The lowest BCUT2D eigenvalue weighted by atomic mass is 9.78. The highest BCUT2D eigenvalue weighted by atomic mass is 16.4. The van der Waals surface area contributed by atoms with Gasteiger partial charge in [0.25, 0.3) is 0 Å². The first kappa shape index (κ1) is 8.24. The van der Waals surface area contributed by atoms with Crippen LogP contribution in [-0.2, 0) is 0 Å². The SMILES string of the molecule is O=C(O)c1cccc2c1-c1ccccc1-2. The Morgan fingerprint density at radius 1 is 0.867 bits per heavy atom. The maximum atomic E-state index is 11.0. The zero-order chi connectivity index (χ0) is 10.4. The van der Waals surface area contributed by atoms with E-state index in [2.05, 4.69) is 0 Å². The second-order valence-corrected chi connectivity index (χ2v) is 3.58. The molecular formula is C13H8O2.